The average molecular weight is 255 g/mol. The molecule has 2 heterocycles. The van der Waals surface area contributed by atoms with Gasteiger partial charge < -0.3 is 15.6 Å². The zero-order valence-electron chi connectivity index (χ0n) is 10.2. The minimum atomic E-state index is -0.286. The molecular formula is C14H13N3O2. The number of H-pyrrole nitrogens is 1. The van der Waals surface area contributed by atoms with Gasteiger partial charge in [-0.1, -0.05) is 0 Å². The maximum absolute atomic E-state index is 12.0. The van der Waals surface area contributed by atoms with Gasteiger partial charge in [0.25, 0.3) is 5.91 Å². The molecule has 0 aliphatic carbocycles. The molecule has 0 bridgehead atoms. The molecule has 5 heteroatoms. The molecular weight excluding hydrogens is 242 g/mol. The summed E-state index contributed by atoms with van der Waals surface area (Å²) >= 11 is 0. The van der Waals surface area contributed by atoms with Gasteiger partial charge in [0.2, 0.25) is 5.56 Å². The zero-order chi connectivity index (χ0) is 13.2. The fourth-order valence-electron chi connectivity index (χ4n) is 2.17. The van der Waals surface area contributed by atoms with E-state index in [0.717, 1.165) is 24.3 Å². The lowest BCUT2D eigenvalue weighted by Gasteiger charge is -2.07. The maximum Gasteiger partial charge on any atom is 0.255 e. The molecule has 2 aromatic rings. The summed E-state index contributed by atoms with van der Waals surface area (Å²) in [5, 5.41) is 6.06. The average Bonchev–Trinajstić information content (AvgIpc) is 2.86. The molecule has 0 radical (unpaired) electrons. The molecule has 0 saturated heterocycles. The summed E-state index contributed by atoms with van der Waals surface area (Å²) in [4.78, 5) is 25.6. The van der Waals surface area contributed by atoms with Gasteiger partial charge in [0, 0.05) is 35.7 Å². The third-order valence-corrected chi connectivity index (χ3v) is 3.11. The number of aromatic nitrogens is 1. The molecule has 3 rings (SSSR count). The van der Waals surface area contributed by atoms with Crippen molar-refractivity contribution >= 4 is 17.3 Å². The van der Waals surface area contributed by atoms with Crippen molar-refractivity contribution in [3.8, 4) is 0 Å². The number of aromatic amines is 1. The topological polar surface area (TPSA) is 74.0 Å². The number of pyridine rings is 1. The molecule has 96 valence electrons. The highest BCUT2D eigenvalue weighted by Crippen LogP contribution is 2.25. The maximum atomic E-state index is 12.0. The van der Waals surface area contributed by atoms with Crippen LogP contribution in [-0.2, 0) is 6.42 Å². The Morgan fingerprint density at radius 2 is 2.11 bits per heavy atom. The molecule has 1 aromatic heterocycles. The second-order valence-electron chi connectivity index (χ2n) is 4.44. The van der Waals surface area contributed by atoms with E-state index in [1.165, 1.54) is 17.8 Å². The molecule has 1 aromatic carbocycles. The quantitative estimate of drug-likeness (QED) is 0.763. The Morgan fingerprint density at radius 3 is 2.95 bits per heavy atom. The molecule has 0 unspecified atom stereocenters. The molecule has 1 aliphatic rings. The third-order valence-electron chi connectivity index (χ3n) is 3.11. The number of carbonyl (C=O) groups is 1. The summed E-state index contributed by atoms with van der Waals surface area (Å²) in [6.07, 6.45) is 2.42. The number of amides is 1. The summed E-state index contributed by atoms with van der Waals surface area (Å²) in [7, 11) is 0. The van der Waals surface area contributed by atoms with Crippen LogP contribution in [0.2, 0.25) is 0 Å². The Hall–Kier alpha value is -2.56. The van der Waals surface area contributed by atoms with Crippen molar-refractivity contribution in [2.45, 2.75) is 6.42 Å². The highest BCUT2D eigenvalue weighted by molar-refractivity contribution is 6.04. The Bertz CT molecular complexity index is 691. The van der Waals surface area contributed by atoms with E-state index in [1.807, 2.05) is 18.2 Å². The van der Waals surface area contributed by atoms with Gasteiger partial charge in [-0.15, -0.1) is 0 Å². The van der Waals surface area contributed by atoms with Crippen molar-refractivity contribution in [3.05, 3.63) is 58.0 Å². The molecule has 0 fully saturated rings. The summed E-state index contributed by atoms with van der Waals surface area (Å²) in [5.41, 5.74) is 3.12. The molecule has 1 amide bonds. The fourth-order valence-corrected chi connectivity index (χ4v) is 2.17. The summed E-state index contributed by atoms with van der Waals surface area (Å²) in [5.74, 6) is -0.281. The first-order valence-corrected chi connectivity index (χ1v) is 6.09. The van der Waals surface area contributed by atoms with Crippen molar-refractivity contribution in [3.63, 3.8) is 0 Å². The van der Waals surface area contributed by atoms with Crippen molar-refractivity contribution < 1.29 is 4.79 Å². The molecule has 0 atom stereocenters. The summed E-state index contributed by atoms with van der Waals surface area (Å²) in [6, 6.07) is 8.62. The van der Waals surface area contributed by atoms with Crippen LogP contribution in [0, 0.1) is 0 Å². The first-order chi connectivity index (χ1) is 9.22. The van der Waals surface area contributed by atoms with E-state index < -0.39 is 0 Å². The second-order valence-corrected chi connectivity index (χ2v) is 4.44. The van der Waals surface area contributed by atoms with Crippen LogP contribution in [0.3, 0.4) is 0 Å². The smallest absolute Gasteiger partial charge is 0.255 e. The highest BCUT2D eigenvalue weighted by atomic mass is 16.2. The van der Waals surface area contributed by atoms with Crippen LogP contribution >= 0.6 is 0 Å². The van der Waals surface area contributed by atoms with Gasteiger partial charge in [0.05, 0.1) is 0 Å². The van der Waals surface area contributed by atoms with Crippen molar-refractivity contribution in [1.82, 2.24) is 4.98 Å². The normalized spacial score (nSPS) is 12.6. The minimum Gasteiger partial charge on any atom is -0.384 e. The highest BCUT2D eigenvalue weighted by Gasteiger charge is 2.12. The Morgan fingerprint density at radius 1 is 1.21 bits per heavy atom. The van der Waals surface area contributed by atoms with E-state index >= 15 is 0 Å². The van der Waals surface area contributed by atoms with Crippen molar-refractivity contribution in [1.29, 1.82) is 0 Å². The lowest BCUT2D eigenvalue weighted by molar-refractivity contribution is 0.102. The van der Waals surface area contributed by atoms with Crippen LogP contribution in [0.1, 0.15) is 15.9 Å². The lowest BCUT2D eigenvalue weighted by Crippen LogP contribution is -2.15. The number of hydrogen-bond acceptors (Lipinski definition) is 3. The van der Waals surface area contributed by atoms with E-state index in [1.54, 1.807) is 6.07 Å². The number of rotatable bonds is 2. The zero-order valence-corrected chi connectivity index (χ0v) is 10.2. The van der Waals surface area contributed by atoms with Crippen molar-refractivity contribution in [2.75, 3.05) is 17.2 Å². The number of fused-ring (bicyclic) bond motifs is 1. The van der Waals surface area contributed by atoms with E-state index in [4.69, 9.17) is 0 Å². The van der Waals surface area contributed by atoms with Gasteiger partial charge in [-0.05, 0) is 36.2 Å². The van der Waals surface area contributed by atoms with Crippen LogP contribution in [0.4, 0.5) is 11.4 Å². The first-order valence-electron chi connectivity index (χ1n) is 6.09. The van der Waals surface area contributed by atoms with Gasteiger partial charge in [0.1, 0.15) is 0 Å². The van der Waals surface area contributed by atoms with Crippen molar-refractivity contribution in [2.24, 2.45) is 0 Å². The Kier molecular flexibility index (Phi) is 2.79. The van der Waals surface area contributed by atoms with Gasteiger partial charge in [0.15, 0.2) is 0 Å². The molecule has 0 saturated carbocycles. The van der Waals surface area contributed by atoms with Gasteiger partial charge in [-0.3, -0.25) is 9.59 Å². The number of carbonyl (C=O) groups excluding carboxylic acids is 1. The van der Waals surface area contributed by atoms with Crippen LogP contribution < -0.4 is 16.2 Å². The monoisotopic (exact) mass is 255 g/mol. The number of benzene rings is 1. The SMILES string of the molecule is O=C(Nc1ccc2c(c1)CCN2)c1cc[nH]c(=O)c1. The predicted molar refractivity (Wildman–Crippen MR) is 73.7 cm³/mol. The second kappa shape index (κ2) is 4.61. The number of anilines is 2. The summed E-state index contributed by atoms with van der Waals surface area (Å²) in [6.45, 7) is 0.931. The van der Waals surface area contributed by atoms with Crippen LogP contribution in [0.15, 0.2) is 41.3 Å². The molecule has 0 spiro atoms. The van der Waals surface area contributed by atoms with E-state index in [-0.39, 0.29) is 11.5 Å². The van der Waals surface area contributed by atoms with Crippen LogP contribution in [0.25, 0.3) is 0 Å². The standard InChI is InChI=1S/C14H13N3O2/c18-13-8-10(4-6-16-13)14(19)17-11-1-2-12-9(7-11)3-5-15-12/h1-2,4,6-8,15H,3,5H2,(H,16,18)(H,17,19). The number of hydrogen-bond donors (Lipinski definition) is 3. The fraction of sp³-hybridized carbons (Fsp3) is 0.143. The first kappa shape index (κ1) is 11.5. The summed E-state index contributed by atoms with van der Waals surface area (Å²) < 4.78 is 0. The third kappa shape index (κ3) is 2.35. The minimum absolute atomic E-state index is 0.281. The van der Waals surface area contributed by atoms with E-state index in [2.05, 4.69) is 15.6 Å². The largest absolute Gasteiger partial charge is 0.384 e. The molecule has 19 heavy (non-hydrogen) atoms. The Balaban J connectivity index is 1.82. The molecule has 1 aliphatic heterocycles. The van der Waals surface area contributed by atoms with Crippen LogP contribution in [0.5, 0.6) is 0 Å². The van der Waals surface area contributed by atoms with Gasteiger partial charge >= 0.3 is 0 Å². The van der Waals surface area contributed by atoms with Gasteiger partial charge in [-0.25, -0.2) is 0 Å². The molecule has 5 nitrogen and oxygen atoms in total. The van der Waals surface area contributed by atoms with Crippen LogP contribution in [-0.4, -0.2) is 17.4 Å². The lowest BCUT2D eigenvalue weighted by atomic mass is 10.1. The molecule has 3 N–H and O–H groups in total. The van der Waals surface area contributed by atoms with E-state index in [0.29, 0.717) is 5.56 Å². The van der Waals surface area contributed by atoms with Gasteiger partial charge in [-0.2, -0.15) is 0 Å². The Labute approximate surface area is 109 Å². The van der Waals surface area contributed by atoms with E-state index in [9.17, 15) is 9.59 Å². The predicted octanol–water partition coefficient (Wildman–Crippen LogP) is 1.60. The number of nitrogens with one attached hydrogen (secondary N) is 3.